The molecule has 3 heterocycles. The number of benzene rings is 1. The molecule has 0 bridgehead atoms. The van der Waals surface area contributed by atoms with Gasteiger partial charge in [-0.1, -0.05) is 0 Å². The van der Waals surface area contributed by atoms with E-state index in [4.69, 9.17) is 9.47 Å². The summed E-state index contributed by atoms with van der Waals surface area (Å²) in [6, 6.07) is 7.92. The maximum Gasteiger partial charge on any atom is 0.225 e. The Bertz CT molecular complexity index is 1050. The predicted molar refractivity (Wildman–Crippen MR) is 93.8 cm³/mol. The van der Waals surface area contributed by atoms with Crippen molar-refractivity contribution < 1.29 is 9.47 Å². The number of ether oxygens (including phenoxy) is 2. The molecule has 7 heteroatoms. The van der Waals surface area contributed by atoms with Crippen molar-refractivity contribution in [3.8, 4) is 23.0 Å². The van der Waals surface area contributed by atoms with Crippen LogP contribution in [0.15, 0.2) is 49.3 Å². The predicted octanol–water partition coefficient (Wildman–Crippen LogP) is 2.93. The van der Waals surface area contributed by atoms with Gasteiger partial charge in [-0.25, -0.2) is 15.0 Å². The summed E-state index contributed by atoms with van der Waals surface area (Å²) >= 11 is 0. The molecule has 0 aliphatic heterocycles. The van der Waals surface area contributed by atoms with Crippen molar-refractivity contribution in [2.24, 2.45) is 0 Å². The van der Waals surface area contributed by atoms with Crippen LogP contribution in [-0.2, 0) is 0 Å². The molecular weight excluding hydrogens is 318 g/mol. The number of hydrogen-bond acceptors (Lipinski definition) is 5. The third-order valence-corrected chi connectivity index (χ3v) is 4.07. The number of hydrogen-bond donors (Lipinski definition) is 0. The molecule has 0 radical (unpaired) electrons. The number of rotatable bonds is 4. The zero-order valence-electron chi connectivity index (χ0n) is 14.2. The summed E-state index contributed by atoms with van der Waals surface area (Å²) in [7, 11) is 3.26. The summed E-state index contributed by atoms with van der Waals surface area (Å²) in [5.41, 5.74) is 3.59. The highest BCUT2D eigenvalue weighted by atomic mass is 16.5. The first-order valence-corrected chi connectivity index (χ1v) is 7.76. The van der Waals surface area contributed by atoms with Crippen molar-refractivity contribution in [2.75, 3.05) is 14.2 Å². The van der Waals surface area contributed by atoms with Gasteiger partial charge in [0, 0.05) is 18.5 Å². The Morgan fingerprint density at radius 2 is 1.88 bits per heavy atom. The third kappa shape index (κ3) is 2.50. The van der Waals surface area contributed by atoms with Crippen molar-refractivity contribution in [1.29, 1.82) is 0 Å². The highest BCUT2D eigenvalue weighted by molar-refractivity contribution is 5.83. The standard InChI is InChI=1S/C18H17N5O2/c1-12-9-22(11-21-12)15-5-4-13(8-16(15)24-2)23-7-6-14-17(23)19-10-20-18(14)25-3/h4-11H,1-3H3. The molecule has 0 aliphatic carbocycles. The van der Waals surface area contributed by atoms with Gasteiger partial charge in [0.15, 0.2) is 5.65 Å². The minimum absolute atomic E-state index is 0.557. The summed E-state index contributed by atoms with van der Waals surface area (Å²) < 4.78 is 14.8. The van der Waals surface area contributed by atoms with Crippen LogP contribution in [0.25, 0.3) is 22.4 Å². The van der Waals surface area contributed by atoms with E-state index in [0.29, 0.717) is 5.88 Å². The van der Waals surface area contributed by atoms with Gasteiger partial charge >= 0.3 is 0 Å². The van der Waals surface area contributed by atoms with Crippen LogP contribution in [0.5, 0.6) is 11.6 Å². The van der Waals surface area contributed by atoms with Gasteiger partial charge in [-0.15, -0.1) is 0 Å². The molecule has 3 aromatic heterocycles. The SMILES string of the molecule is COc1cc(-n2ccc3c(OC)ncnc32)ccc1-n1cnc(C)c1. The van der Waals surface area contributed by atoms with E-state index in [1.54, 1.807) is 20.5 Å². The van der Waals surface area contributed by atoms with Crippen LogP contribution in [0, 0.1) is 6.92 Å². The quantitative estimate of drug-likeness (QED) is 0.574. The first-order chi connectivity index (χ1) is 12.2. The van der Waals surface area contributed by atoms with Gasteiger partial charge in [0.2, 0.25) is 5.88 Å². The van der Waals surface area contributed by atoms with Crippen LogP contribution in [0.2, 0.25) is 0 Å². The van der Waals surface area contributed by atoms with Gasteiger partial charge in [-0.2, -0.15) is 0 Å². The Balaban J connectivity index is 1.84. The maximum atomic E-state index is 5.59. The van der Waals surface area contributed by atoms with E-state index >= 15 is 0 Å². The second kappa shape index (κ2) is 5.94. The largest absolute Gasteiger partial charge is 0.494 e. The lowest BCUT2D eigenvalue weighted by molar-refractivity contribution is 0.402. The molecule has 0 amide bonds. The van der Waals surface area contributed by atoms with Crippen LogP contribution in [0.1, 0.15) is 5.69 Å². The Labute approximate surface area is 144 Å². The summed E-state index contributed by atoms with van der Waals surface area (Å²) in [5.74, 6) is 1.30. The van der Waals surface area contributed by atoms with E-state index in [1.807, 2.05) is 52.7 Å². The van der Waals surface area contributed by atoms with Crippen LogP contribution < -0.4 is 9.47 Å². The Hall–Kier alpha value is -3.35. The monoisotopic (exact) mass is 335 g/mol. The summed E-state index contributed by atoms with van der Waals surface area (Å²) in [4.78, 5) is 12.8. The molecule has 1 aromatic carbocycles. The lowest BCUT2D eigenvalue weighted by Gasteiger charge is -2.12. The first kappa shape index (κ1) is 15.2. The number of aromatic nitrogens is 5. The molecule has 0 fully saturated rings. The molecule has 0 saturated carbocycles. The molecule has 126 valence electrons. The number of aryl methyl sites for hydroxylation is 1. The van der Waals surface area contributed by atoms with Crippen molar-refractivity contribution >= 4 is 11.0 Å². The van der Waals surface area contributed by atoms with Crippen molar-refractivity contribution in [3.63, 3.8) is 0 Å². The zero-order valence-corrected chi connectivity index (χ0v) is 14.2. The number of imidazole rings is 1. The Morgan fingerprint density at radius 3 is 2.60 bits per heavy atom. The second-order valence-electron chi connectivity index (χ2n) is 5.58. The average Bonchev–Trinajstić information content (AvgIpc) is 3.27. The van der Waals surface area contributed by atoms with Gasteiger partial charge in [0.25, 0.3) is 0 Å². The van der Waals surface area contributed by atoms with Crippen LogP contribution >= 0.6 is 0 Å². The van der Waals surface area contributed by atoms with E-state index in [2.05, 4.69) is 15.0 Å². The van der Waals surface area contributed by atoms with Crippen molar-refractivity contribution in [1.82, 2.24) is 24.1 Å². The van der Waals surface area contributed by atoms with E-state index < -0.39 is 0 Å². The van der Waals surface area contributed by atoms with Gasteiger partial charge in [0.05, 0.1) is 43.0 Å². The smallest absolute Gasteiger partial charge is 0.225 e. The highest BCUT2D eigenvalue weighted by Gasteiger charge is 2.12. The van der Waals surface area contributed by atoms with Crippen molar-refractivity contribution in [3.05, 3.63) is 55.0 Å². The number of fused-ring (bicyclic) bond motifs is 1. The molecular formula is C18H17N5O2. The normalized spacial score (nSPS) is 11.0. The van der Waals surface area contributed by atoms with E-state index in [0.717, 1.165) is 33.9 Å². The lowest BCUT2D eigenvalue weighted by Crippen LogP contribution is -2.00. The number of methoxy groups -OCH3 is 2. The van der Waals surface area contributed by atoms with E-state index in [-0.39, 0.29) is 0 Å². The average molecular weight is 335 g/mol. The van der Waals surface area contributed by atoms with Crippen molar-refractivity contribution in [2.45, 2.75) is 6.92 Å². The molecule has 25 heavy (non-hydrogen) atoms. The molecule has 4 rings (SSSR count). The first-order valence-electron chi connectivity index (χ1n) is 7.76. The minimum atomic E-state index is 0.557. The Kier molecular flexibility index (Phi) is 3.61. The fourth-order valence-electron chi connectivity index (χ4n) is 2.88. The summed E-state index contributed by atoms with van der Waals surface area (Å²) in [5, 5.41) is 0.860. The maximum absolute atomic E-state index is 5.59. The summed E-state index contributed by atoms with van der Waals surface area (Å²) in [6.07, 6.45) is 7.17. The lowest BCUT2D eigenvalue weighted by atomic mass is 10.2. The summed E-state index contributed by atoms with van der Waals surface area (Å²) in [6.45, 7) is 1.95. The molecule has 0 aliphatic rings. The molecule has 0 saturated heterocycles. The zero-order chi connectivity index (χ0) is 17.4. The van der Waals surface area contributed by atoms with Gasteiger partial charge in [-0.05, 0) is 25.1 Å². The molecule has 0 spiro atoms. The molecule has 0 N–H and O–H groups in total. The minimum Gasteiger partial charge on any atom is -0.494 e. The molecule has 4 aromatic rings. The Morgan fingerprint density at radius 1 is 1.00 bits per heavy atom. The molecule has 0 atom stereocenters. The molecule has 7 nitrogen and oxygen atoms in total. The van der Waals surface area contributed by atoms with Crippen LogP contribution in [-0.4, -0.2) is 38.3 Å². The highest BCUT2D eigenvalue weighted by Crippen LogP contribution is 2.29. The number of nitrogens with zero attached hydrogens (tertiary/aromatic N) is 5. The van der Waals surface area contributed by atoms with Crippen LogP contribution in [0.4, 0.5) is 0 Å². The van der Waals surface area contributed by atoms with Crippen LogP contribution in [0.3, 0.4) is 0 Å². The van der Waals surface area contributed by atoms with Gasteiger partial charge in [-0.3, -0.25) is 0 Å². The second-order valence-corrected chi connectivity index (χ2v) is 5.58. The van der Waals surface area contributed by atoms with E-state index in [9.17, 15) is 0 Å². The fourth-order valence-corrected chi connectivity index (χ4v) is 2.88. The van der Waals surface area contributed by atoms with Gasteiger partial charge in [0.1, 0.15) is 12.1 Å². The van der Waals surface area contributed by atoms with Gasteiger partial charge < -0.3 is 18.6 Å². The third-order valence-electron chi connectivity index (χ3n) is 4.07. The topological polar surface area (TPSA) is 67.0 Å². The fraction of sp³-hybridized carbons (Fsp3) is 0.167. The van der Waals surface area contributed by atoms with E-state index in [1.165, 1.54) is 6.33 Å². The molecule has 0 unspecified atom stereocenters.